The van der Waals surface area contributed by atoms with Crippen molar-refractivity contribution >= 4 is 16.1 Å². The summed E-state index contributed by atoms with van der Waals surface area (Å²) in [4.78, 5) is 17.0. The lowest BCUT2D eigenvalue weighted by Crippen LogP contribution is -2.46. The fourth-order valence-corrected chi connectivity index (χ4v) is 5.75. The Balaban J connectivity index is 1.68. The number of sulfonamides is 1. The van der Waals surface area contributed by atoms with Gasteiger partial charge in [-0.15, -0.1) is 0 Å². The number of piperidine rings is 1. The van der Waals surface area contributed by atoms with Gasteiger partial charge in [0.2, 0.25) is 10.0 Å². The van der Waals surface area contributed by atoms with Gasteiger partial charge in [0.1, 0.15) is 11.9 Å². The molecule has 2 aromatic rings. The Morgan fingerprint density at radius 3 is 2.20 bits per heavy atom. The van der Waals surface area contributed by atoms with Gasteiger partial charge in [-0.25, -0.2) is 13.2 Å². The molecule has 4 rings (SSSR count). The molecule has 7 nitrogen and oxygen atoms in total. The SMILES string of the molecule is COc1ccc(S(=O)(=O)N2CCN(C(=O)N3CCCCC3)C2c2ccccc2)cc1. The van der Waals surface area contributed by atoms with Crippen molar-refractivity contribution < 1.29 is 17.9 Å². The molecule has 2 heterocycles. The first-order valence-electron chi connectivity index (χ1n) is 10.3. The number of methoxy groups -OCH3 is 1. The minimum absolute atomic E-state index is 0.0871. The van der Waals surface area contributed by atoms with Crippen LogP contribution in [0.4, 0.5) is 4.79 Å². The van der Waals surface area contributed by atoms with Crippen molar-refractivity contribution in [1.82, 2.24) is 14.1 Å². The molecule has 0 aromatic heterocycles. The molecule has 0 bridgehead atoms. The van der Waals surface area contributed by atoms with Crippen LogP contribution < -0.4 is 4.74 Å². The van der Waals surface area contributed by atoms with Crippen LogP contribution in [0.25, 0.3) is 0 Å². The number of rotatable bonds is 4. The van der Waals surface area contributed by atoms with E-state index in [4.69, 9.17) is 4.74 Å². The first kappa shape index (κ1) is 20.7. The summed E-state index contributed by atoms with van der Waals surface area (Å²) in [5, 5.41) is 0. The van der Waals surface area contributed by atoms with Gasteiger partial charge in [-0.2, -0.15) is 4.31 Å². The highest BCUT2D eigenvalue weighted by Crippen LogP contribution is 2.36. The summed E-state index contributed by atoms with van der Waals surface area (Å²) in [5.74, 6) is 0.594. The van der Waals surface area contributed by atoms with Gasteiger partial charge in [-0.1, -0.05) is 30.3 Å². The number of hydrogen-bond donors (Lipinski definition) is 0. The molecular formula is C22H27N3O4S. The summed E-state index contributed by atoms with van der Waals surface area (Å²) in [6, 6.07) is 15.7. The molecule has 2 fully saturated rings. The van der Waals surface area contributed by atoms with Crippen LogP contribution in [0.2, 0.25) is 0 Å². The highest BCUT2D eigenvalue weighted by Gasteiger charge is 2.44. The van der Waals surface area contributed by atoms with Crippen LogP contribution in [0.5, 0.6) is 5.75 Å². The molecule has 2 saturated heterocycles. The van der Waals surface area contributed by atoms with Crippen LogP contribution in [-0.2, 0) is 10.0 Å². The molecule has 1 atom stereocenters. The van der Waals surface area contributed by atoms with Crippen LogP contribution >= 0.6 is 0 Å². The van der Waals surface area contributed by atoms with E-state index in [-0.39, 0.29) is 17.5 Å². The number of ether oxygens (including phenoxy) is 1. The zero-order valence-electron chi connectivity index (χ0n) is 17.1. The average molecular weight is 430 g/mol. The number of carbonyl (C=O) groups is 1. The molecule has 30 heavy (non-hydrogen) atoms. The van der Waals surface area contributed by atoms with Crippen LogP contribution in [0.1, 0.15) is 31.0 Å². The summed E-state index contributed by atoms with van der Waals surface area (Å²) in [5.41, 5.74) is 0.789. The van der Waals surface area contributed by atoms with Crippen molar-refractivity contribution in [1.29, 1.82) is 0 Å². The predicted molar refractivity (Wildman–Crippen MR) is 114 cm³/mol. The molecule has 0 N–H and O–H groups in total. The molecule has 2 aliphatic heterocycles. The van der Waals surface area contributed by atoms with Crippen molar-refractivity contribution in [2.75, 3.05) is 33.3 Å². The summed E-state index contributed by atoms with van der Waals surface area (Å²) in [6.45, 7) is 2.07. The fourth-order valence-electron chi connectivity index (χ4n) is 4.18. The summed E-state index contributed by atoms with van der Waals surface area (Å²) in [7, 11) is -2.25. The minimum Gasteiger partial charge on any atom is -0.497 e. The number of likely N-dealkylation sites (tertiary alicyclic amines) is 1. The van der Waals surface area contributed by atoms with Gasteiger partial charge in [-0.3, -0.25) is 0 Å². The van der Waals surface area contributed by atoms with Crippen molar-refractivity contribution in [2.45, 2.75) is 30.3 Å². The van der Waals surface area contributed by atoms with Crippen LogP contribution in [0.3, 0.4) is 0 Å². The zero-order valence-corrected chi connectivity index (χ0v) is 17.9. The van der Waals surface area contributed by atoms with Crippen molar-refractivity contribution in [2.24, 2.45) is 0 Å². The van der Waals surface area contributed by atoms with Gasteiger partial charge in [0.15, 0.2) is 0 Å². The number of carbonyl (C=O) groups excluding carboxylic acids is 1. The largest absolute Gasteiger partial charge is 0.497 e. The normalized spacial score (nSPS) is 20.4. The molecule has 160 valence electrons. The Kier molecular flexibility index (Phi) is 5.97. The van der Waals surface area contributed by atoms with E-state index in [1.807, 2.05) is 35.2 Å². The van der Waals surface area contributed by atoms with Gasteiger partial charge in [0.25, 0.3) is 0 Å². The Morgan fingerprint density at radius 1 is 0.900 bits per heavy atom. The molecule has 8 heteroatoms. The Morgan fingerprint density at radius 2 is 1.57 bits per heavy atom. The quantitative estimate of drug-likeness (QED) is 0.748. The maximum absolute atomic E-state index is 13.5. The van der Waals surface area contributed by atoms with Crippen molar-refractivity contribution in [3.63, 3.8) is 0 Å². The highest BCUT2D eigenvalue weighted by atomic mass is 32.2. The molecule has 2 aromatic carbocycles. The maximum Gasteiger partial charge on any atom is 0.321 e. The first-order valence-corrected chi connectivity index (χ1v) is 11.7. The van der Waals surface area contributed by atoms with E-state index in [1.54, 1.807) is 36.3 Å². The Hall–Kier alpha value is -2.58. The van der Waals surface area contributed by atoms with Crippen molar-refractivity contribution in [3.8, 4) is 5.75 Å². The van der Waals surface area contributed by atoms with Gasteiger partial charge in [0, 0.05) is 26.2 Å². The molecule has 0 aliphatic carbocycles. The number of nitrogens with zero attached hydrogens (tertiary/aromatic N) is 3. The molecule has 2 aliphatic rings. The number of benzene rings is 2. The average Bonchev–Trinajstić information content (AvgIpc) is 3.26. The number of urea groups is 1. The van der Waals surface area contributed by atoms with Gasteiger partial charge in [0.05, 0.1) is 12.0 Å². The Labute approximate surface area is 177 Å². The second-order valence-electron chi connectivity index (χ2n) is 7.60. The second-order valence-corrected chi connectivity index (χ2v) is 9.49. The van der Waals surface area contributed by atoms with E-state index in [0.29, 0.717) is 12.3 Å². The minimum atomic E-state index is -3.79. The lowest BCUT2D eigenvalue weighted by molar-refractivity contribution is 0.127. The highest BCUT2D eigenvalue weighted by molar-refractivity contribution is 7.89. The fraction of sp³-hybridized carbons (Fsp3) is 0.409. The molecule has 2 amide bonds. The van der Waals surface area contributed by atoms with Gasteiger partial charge in [-0.05, 0) is 49.1 Å². The van der Waals surface area contributed by atoms with E-state index in [1.165, 1.54) is 4.31 Å². The van der Waals surface area contributed by atoms with Crippen LogP contribution in [-0.4, -0.2) is 61.8 Å². The van der Waals surface area contributed by atoms with Crippen LogP contribution in [0.15, 0.2) is 59.5 Å². The first-order chi connectivity index (χ1) is 14.5. The third-order valence-corrected chi connectivity index (χ3v) is 7.63. The van der Waals surface area contributed by atoms with Gasteiger partial charge >= 0.3 is 6.03 Å². The third kappa shape index (κ3) is 3.89. The van der Waals surface area contributed by atoms with Crippen molar-refractivity contribution in [3.05, 3.63) is 60.2 Å². The van der Waals surface area contributed by atoms with E-state index in [0.717, 1.165) is 37.9 Å². The smallest absolute Gasteiger partial charge is 0.321 e. The molecule has 0 radical (unpaired) electrons. The summed E-state index contributed by atoms with van der Waals surface area (Å²) < 4.78 is 33.6. The van der Waals surface area contributed by atoms with Gasteiger partial charge < -0.3 is 14.5 Å². The standard InChI is InChI=1S/C22H27N3O4S/c1-29-19-10-12-20(13-11-19)30(27,28)25-17-16-24(21(25)18-8-4-2-5-9-18)22(26)23-14-6-3-7-15-23/h2,4-5,8-13,21H,3,6-7,14-17H2,1H3. The van der Waals surface area contributed by atoms with E-state index in [9.17, 15) is 13.2 Å². The lowest BCUT2D eigenvalue weighted by atomic mass is 10.1. The number of hydrogen-bond acceptors (Lipinski definition) is 4. The third-order valence-electron chi connectivity index (χ3n) is 5.77. The number of amides is 2. The molecular weight excluding hydrogens is 402 g/mol. The maximum atomic E-state index is 13.5. The topological polar surface area (TPSA) is 70.2 Å². The summed E-state index contributed by atoms with van der Waals surface area (Å²) in [6.07, 6.45) is 2.45. The van der Waals surface area contributed by atoms with Crippen LogP contribution in [0, 0.1) is 0 Å². The molecule has 0 spiro atoms. The zero-order chi connectivity index (χ0) is 21.1. The second kappa shape index (κ2) is 8.65. The van der Waals surface area contributed by atoms with E-state index < -0.39 is 16.2 Å². The monoisotopic (exact) mass is 429 g/mol. The summed E-state index contributed by atoms with van der Waals surface area (Å²) >= 11 is 0. The molecule has 1 unspecified atom stereocenters. The lowest BCUT2D eigenvalue weighted by Gasteiger charge is -2.35. The Bertz CT molecular complexity index is 973. The predicted octanol–water partition coefficient (Wildman–Crippen LogP) is 3.31. The molecule has 0 saturated carbocycles. The van der Waals surface area contributed by atoms with E-state index >= 15 is 0 Å². The van der Waals surface area contributed by atoms with E-state index in [2.05, 4.69) is 0 Å².